The van der Waals surface area contributed by atoms with Gasteiger partial charge in [-0.3, -0.25) is 4.79 Å². The van der Waals surface area contributed by atoms with Crippen LogP contribution < -0.4 is 5.32 Å². The first kappa shape index (κ1) is 13.5. The van der Waals surface area contributed by atoms with Crippen molar-refractivity contribution in [1.82, 2.24) is 5.32 Å². The molecule has 0 heterocycles. The van der Waals surface area contributed by atoms with Gasteiger partial charge in [0.2, 0.25) is 5.91 Å². The topological polar surface area (TPSA) is 29.1 Å². The Morgan fingerprint density at radius 2 is 2.00 bits per heavy atom. The minimum atomic E-state index is 0.169. The average molecular weight is 195 g/mol. The highest BCUT2D eigenvalue weighted by Crippen LogP contribution is 2.06. The predicted octanol–water partition coefficient (Wildman–Crippen LogP) is 2.44. The molecule has 80 valence electrons. The molecular formula is C11H22BNO. The maximum atomic E-state index is 11.3. The van der Waals surface area contributed by atoms with Gasteiger partial charge in [0.1, 0.15) is 0 Å². The second-order valence-corrected chi connectivity index (χ2v) is 3.73. The summed E-state index contributed by atoms with van der Waals surface area (Å²) in [5.74, 6) is 0.169. The van der Waals surface area contributed by atoms with Crippen LogP contribution in [0.2, 0.25) is 6.32 Å². The van der Waals surface area contributed by atoms with Crippen LogP contribution in [-0.2, 0) is 4.79 Å². The molecule has 0 bridgehead atoms. The van der Waals surface area contributed by atoms with Crippen molar-refractivity contribution in [2.24, 2.45) is 0 Å². The third-order valence-electron chi connectivity index (χ3n) is 2.26. The summed E-state index contributed by atoms with van der Waals surface area (Å²) in [7, 11) is 5.50. The maximum Gasteiger partial charge on any atom is 0.220 e. The number of rotatable bonds is 8. The zero-order chi connectivity index (χ0) is 10.8. The number of nitrogens with one attached hydrogen (secondary N) is 1. The molecule has 0 fully saturated rings. The lowest BCUT2D eigenvalue weighted by Crippen LogP contribution is -2.34. The number of unbranched alkanes of at least 4 members (excludes halogenated alkanes) is 1. The molecule has 1 amide bonds. The second kappa shape index (κ2) is 9.10. The normalized spacial score (nSPS) is 12.4. The highest BCUT2D eigenvalue weighted by Gasteiger charge is 2.09. The van der Waals surface area contributed by atoms with Crippen molar-refractivity contribution in [1.29, 1.82) is 0 Å². The third kappa shape index (κ3) is 6.99. The highest BCUT2D eigenvalue weighted by molar-refractivity contribution is 6.08. The number of amides is 1. The molecule has 14 heavy (non-hydrogen) atoms. The highest BCUT2D eigenvalue weighted by atomic mass is 16.1. The molecule has 0 saturated carbocycles. The van der Waals surface area contributed by atoms with Crippen molar-refractivity contribution >= 4 is 13.8 Å². The van der Waals surface area contributed by atoms with E-state index < -0.39 is 0 Å². The molecule has 0 spiro atoms. The Balaban J connectivity index is 3.75. The van der Waals surface area contributed by atoms with Gasteiger partial charge in [-0.15, -0.1) is 0 Å². The Morgan fingerprint density at radius 1 is 1.29 bits per heavy atom. The van der Waals surface area contributed by atoms with E-state index in [9.17, 15) is 4.79 Å². The minimum absolute atomic E-state index is 0.169. The third-order valence-corrected chi connectivity index (χ3v) is 2.26. The van der Waals surface area contributed by atoms with Gasteiger partial charge in [0.15, 0.2) is 0 Å². The molecule has 1 N–H and O–H groups in total. The Kier molecular flexibility index (Phi) is 8.80. The number of carbonyl (C=O) groups excluding carboxylic acids is 1. The van der Waals surface area contributed by atoms with E-state index >= 15 is 0 Å². The molecule has 0 aliphatic heterocycles. The molecule has 2 radical (unpaired) electrons. The summed E-state index contributed by atoms with van der Waals surface area (Å²) in [6.07, 6.45) is 6.49. The van der Waals surface area contributed by atoms with Gasteiger partial charge >= 0.3 is 0 Å². The summed E-state index contributed by atoms with van der Waals surface area (Å²) in [5.41, 5.74) is 0. The lowest BCUT2D eigenvalue weighted by atomic mass is 9.95. The van der Waals surface area contributed by atoms with Crippen LogP contribution >= 0.6 is 0 Å². The van der Waals surface area contributed by atoms with Crippen LogP contribution in [0.1, 0.15) is 52.4 Å². The summed E-state index contributed by atoms with van der Waals surface area (Å²) >= 11 is 0. The first-order chi connectivity index (χ1) is 6.74. The monoisotopic (exact) mass is 195 g/mol. The largest absolute Gasteiger partial charge is 0.353 e. The Labute approximate surface area is 89.3 Å². The van der Waals surface area contributed by atoms with Gasteiger partial charge in [-0.2, -0.15) is 0 Å². The predicted molar refractivity (Wildman–Crippen MR) is 61.5 cm³/mol. The molecule has 0 rings (SSSR count). The summed E-state index contributed by atoms with van der Waals surface area (Å²) in [5, 5.41) is 3.03. The standard InChI is InChI=1S/C11H22BNO/c1-3-5-7-10(8-9-12)13-11(14)6-4-2/h10H,3-9H2,1-2H3,(H,13,14). The molecule has 0 aromatic carbocycles. The molecule has 0 aliphatic rings. The quantitative estimate of drug-likeness (QED) is 0.592. The molecule has 0 aromatic heterocycles. The van der Waals surface area contributed by atoms with Gasteiger partial charge in [-0.05, 0) is 19.3 Å². The molecule has 1 unspecified atom stereocenters. The van der Waals surface area contributed by atoms with Gasteiger partial charge < -0.3 is 5.32 Å². The Morgan fingerprint density at radius 3 is 2.50 bits per heavy atom. The van der Waals surface area contributed by atoms with Crippen LogP contribution in [0.15, 0.2) is 0 Å². The Bertz CT molecular complexity index is 150. The lowest BCUT2D eigenvalue weighted by Gasteiger charge is -2.17. The summed E-state index contributed by atoms with van der Waals surface area (Å²) in [6.45, 7) is 4.18. The zero-order valence-electron chi connectivity index (χ0n) is 9.51. The van der Waals surface area contributed by atoms with Crippen LogP contribution in [-0.4, -0.2) is 19.8 Å². The molecule has 0 saturated heterocycles. The van der Waals surface area contributed by atoms with Crippen molar-refractivity contribution in [3.63, 3.8) is 0 Å². The van der Waals surface area contributed by atoms with Crippen LogP contribution in [0.25, 0.3) is 0 Å². The molecule has 3 heteroatoms. The molecule has 0 aromatic rings. The molecule has 2 nitrogen and oxygen atoms in total. The van der Waals surface area contributed by atoms with E-state index in [4.69, 9.17) is 7.85 Å². The fourth-order valence-corrected chi connectivity index (χ4v) is 1.47. The smallest absolute Gasteiger partial charge is 0.220 e. The van der Waals surface area contributed by atoms with E-state index in [1.54, 1.807) is 0 Å². The average Bonchev–Trinajstić information content (AvgIpc) is 2.15. The van der Waals surface area contributed by atoms with Gasteiger partial charge in [0.05, 0.1) is 7.85 Å². The van der Waals surface area contributed by atoms with Gasteiger partial charge in [0.25, 0.3) is 0 Å². The van der Waals surface area contributed by atoms with E-state index in [1.807, 2.05) is 6.92 Å². The first-order valence-corrected chi connectivity index (χ1v) is 5.74. The van der Waals surface area contributed by atoms with E-state index in [-0.39, 0.29) is 5.91 Å². The second-order valence-electron chi connectivity index (χ2n) is 3.73. The van der Waals surface area contributed by atoms with E-state index in [1.165, 1.54) is 6.42 Å². The van der Waals surface area contributed by atoms with E-state index in [0.717, 1.165) is 25.7 Å². The minimum Gasteiger partial charge on any atom is -0.353 e. The molecule has 1 atom stereocenters. The SMILES string of the molecule is [B]CCC(CCCC)NC(=O)CCC. The maximum absolute atomic E-state index is 11.3. The van der Waals surface area contributed by atoms with Crippen molar-refractivity contribution in [2.75, 3.05) is 0 Å². The number of hydrogen-bond donors (Lipinski definition) is 1. The fourth-order valence-electron chi connectivity index (χ4n) is 1.47. The first-order valence-electron chi connectivity index (χ1n) is 5.74. The van der Waals surface area contributed by atoms with Gasteiger partial charge in [-0.25, -0.2) is 0 Å². The Hall–Kier alpha value is -0.465. The summed E-state index contributed by atoms with van der Waals surface area (Å²) in [6, 6.07) is 0.291. The lowest BCUT2D eigenvalue weighted by molar-refractivity contribution is -0.121. The van der Waals surface area contributed by atoms with Crippen molar-refractivity contribution in [3.05, 3.63) is 0 Å². The van der Waals surface area contributed by atoms with Crippen LogP contribution in [0.5, 0.6) is 0 Å². The van der Waals surface area contributed by atoms with E-state index in [0.29, 0.717) is 18.8 Å². The molecular weight excluding hydrogens is 173 g/mol. The summed E-state index contributed by atoms with van der Waals surface area (Å²) < 4.78 is 0. The van der Waals surface area contributed by atoms with Gasteiger partial charge in [0, 0.05) is 12.5 Å². The number of carbonyl (C=O) groups is 1. The van der Waals surface area contributed by atoms with Crippen molar-refractivity contribution in [3.8, 4) is 0 Å². The number of hydrogen-bond acceptors (Lipinski definition) is 1. The molecule has 0 aliphatic carbocycles. The zero-order valence-corrected chi connectivity index (χ0v) is 9.51. The van der Waals surface area contributed by atoms with E-state index in [2.05, 4.69) is 12.2 Å². The van der Waals surface area contributed by atoms with Crippen LogP contribution in [0, 0.1) is 0 Å². The van der Waals surface area contributed by atoms with Crippen molar-refractivity contribution in [2.45, 2.75) is 64.7 Å². The summed E-state index contributed by atoms with van der Waals surface area (Å²) in [4.78, 5) is 11.3. The van der Waals surface area contributed by atoms with Crippen LogP contribution in [0.4, 0.5) is 0 Å². The van der Waals surface area contributed by atoms with Crippen molar-refractivity contribution < 1.29 is 4.79 Å². The van der Waals surface area contributed by atoms with Gasteiger partial charge in [-0.1, -0.05) is 33.0 Å². The van der Waals surface area contributed by atoms with Crippen LogP contribution in [0.3, 0.4) is 0 Å². The fraction of sp³-hybridized carbons (Fsp3) is 0.909.